The smallest absolute Gasteiger partial charge is 0.276 e. The van der Waals surface area contributed by atoms with E-state index in [9.17, 15) is 9.18 Å². The van der Waals surface area contributed by atoms with Crippen LogP contribution < -0.4 is 11.1 Å². The number of carbonyl (C=O) groups is 1. The van der Waals surface area contributed by atoms with Gasteiger partial charge in [-0.15, -0.1) is 10.2 Å². The first kappa shape index (κ1) is 17.6. The number of nitrogens with two attached hydrogens (primary N) is 1. The van der Waals surface area contributed by atoms with Crippen LogP contribution in [0.4, 0.5) is 10.1 Å². The molecule has 1 atom stereocenters. The van der Waals surface area contributed by atoms with Crippen LogP contribution in [-0.4, -0.2) is 27.0 Å². The quantitative estimate of drug-likeness (QED) is 0.854. The molecule has 130 valence electrons. The molecule has 0 saturated carbocycles. The number of halogens is 2. The number of aromatic nitrogens is 2. The molecule has 9 heteroatoms. The largest absolute Gasteiger partial charge is 0.379 e. The van der Waals surface area contributed by atoms with Crippen LogP contribution in [0.2, 0.25) is 5.15 Å². The van der Waals surface area contributed by atoms with Crippen molar-refractivity contribution in [3.63, 3.8) is 0 Å². The van der Waals surface area contributed by atoms with Crippen molar-refractivity contribution in [1.82, 2.24) is 10.2 Å². The minimum absolute atomic E-state index is 0.109. The molecule has 0 spiro atoms. The highest BCUT2D eigenvalue weighted by Gasteiger charge is 2.32. The second-order valence-corrected chi connectivity index (χ2v) is 7.21. The molecule has 0 saturated heterocycles. The van der Waals surface area contributed by atoms with Crippen molar-refractivity contribution < 1.29 is 9.18 Å². The molecule has 1 amide bonds. The van der Waals surface area contributed by atoms with Crippen LogP contribution in [0.1, 0.15) is 29.4 Å². The van der Waals surface area contributed by atoms with E-state index in [-0.39, 0.29) is 10.8 Å². The van der Waals surface area contributed by atoms with Crippen molar-refractivity contribution in [2.75, 3.05) is 11.1 Å². The van der Waals surface area contributed by atoms with Gasteiger partial charge >= 0.3 is 0 Å². The van der Waals surface area contributed by atoms with Crippen LogP contribution in [0.15, 0.2) is 35.3 Å². The zero-order chi connectivity index (χ0) is 18.0. The number of thioether (sulfide) groups is 1. The van der Waals surface area contributed by atoms with Gasteiger partial charge in [-0.3, -0.25) is 9.79 Å². The highest BCUT2D eigenvalue weighted by Crippen LogP contribution is 2.37. The number of aliphatic imine (C=N–C) groups is 1. The van der Waals surface area contributed by atoms with Crippen LogP contribution in [0, 0.1) is 5.82 Å². The van der Waals surface area contributed by atoms with Gasteiger partial charge in [0.25, 0.3) is 5.91 Å². The first-order chi connectivity index (χ1) is 11.9. The summed E-state index contributed by atoms with van der Waals surface area (Å²) < 4.78 is 14.4. The molecule has 3 rings (SSSR count). The fourth-order valence-electron chi connectivity index (χ4n) is 2.53. The van der Waals surface area contributed by atoms with E-state index in [1.165, 1.54) is 36.0 Å². The number of benzene rings is 1. The molecule has 0 unspecified atom stereocenters. The van der Waals surface area contributed by atoms with Gasteiger partial charge in [0.15, 0.2) is 16.0 Å². The van der Waals surface area contributed by atoms with Crippen molar-refractivity contribution >= 4 is 40.1 Å². The topological polar surface area (TPSA) is 93.3 Å². The Morgan fingerprint density at radius 3 is 2.84 bits per heavy atom. The minimum Gasteiger partial charge on any atom is -0.379 e. The summed E-state index contributed by atoms with van der Waals surface area (Å²) in [6.07, 6.45) is 0.648. The van der Waals surface area contributed by atoms with Gasteiger partial charge in [0.05, 0.1) is 5.54 Å². The molecular weight excluding hydrogens is 365 g/mol. The van der Waals surface area contributed by atoms with E-state index in [1.807, 2.05) is 6.92 Å². The van der Waals surface area contributed by atoms with E-state index >= 15 is 0 Å². The lowest BCUT2D eigenvalue weighted by Crippen LogP contribution is -2.29. The predicted molar refractivity (Wildman–Crippen MR) is 97.4 cm³/mol. The molecule has 0 fully saturated rings. The van der Waals surface area contributed by atoms with Gasteiger partial charge in [0.2, 0.25) is 0 Å². The number of carbonyl (C=O) groups excluding carboxylic acids is 1. The van der Waals surface area contributed by atoms with Crippen LogP contribution >= 0.6 is 23.4 Å². The SMILES string of the molecule is C[C@@]1(c2cc(NC(=O)c3ccc(Cl)nn3)ccc2F)CCSC(N)=N1. The van der Waals surface area contributed by atoms with Crippen molar-refractivity contribution in [2.45, 2.75) is 18.9 Å². The summed E-state index contributed by atoms with van der Waals surface area (Å²) >= 11 is 7.10. The van der Waals surface area contributed by atoms with E-state index in [0.29, 0.717) is 22.8 Å². The molecule has 6 nitrogen and oxygen atoms in total. The molecule has 1 aromatic carbocycles. The summed E-state index contributed by atoms with van der Waals surface area (Å²) in [5, 5.41) is 10.6. The van der Waals surface area contributed by atoms with Crippen LogP contribution in [-0.2, 0) is 5.54 Å². The highest BCUT2D eigenvalue weighted by molar-refractivity contribution is 8.13. The maximum absolute atomic E-state index is 14.4. The third-order valence-electron chi connectivity index (χ3n) is 3.86. The number of rotatable bonds is 3. The van der Waals surface area contributed by atoms with E-state index in [0.717, 1.165) is 5.75 Å². The number of hydrogen-bond donors (Lipinski definition) is 2. The first-order valence-corrected chi connectivity index (χ1v) is 8.82. The lowest BCUT2D eigenvalue weighted by molar-refractivity contribution is 0.102. The summed E-state index contributed by atoms with van der Waals surface area (Å²) in [7, 11) is 0. The first-order valence-electron chi connectivity index (χ1n) is 7.46. The van der Waals surface area contributed by atoms with Gasteiger partial charge in [-0.1, -0.05) is 23.4 Å². The van der Waals surface area contributed by atoms with Crippen molar-refractivity contribution in [2.24, 2.45) is 10.7 Å². The number of amides is 1. The zero-order valence-electron chi connectivity index (χ0n) is 13.3. The molecular formula is C16H15ClFN5OS. The molecule has 0 bridgehead atoms. The molecule has 25 heavy (non-hydrogen) atoms. The lowest BCUT2D eigenvalue weighted by Gasteiger charge is -2.30. The van der Waals surface area contributed by atoms with Gasteiger partial charge in [-0.25, -0.2) is 4.39 Å². The molecule has 0 aliphatic carbocycles. The third-order valence-corrected chi connectivity index (χ3v) is 4.86. The summed E-state index contributed by atoms with van der Waals surface area (Å²) in [5.41, 5.74) is 5.97. The van der Waals surface area contributed by atoms with Gasteiger partial charge in [0.1, 0.15) is 5.82 Å². The molecule has 3 N–H and O–H groups in total. The Balaban J connectivity index is 1.88. The lowest BCUT2D eigenvalue weighted by atomic mass is 9.89. The normalized spacial score (nSPS) is 20.0. The van der Waals surface area contributed by atoms with Gasteiger partial charge in [0, 0.05) is 17.0 Å². The standard InChI is InChI=1S/C16H15ClFN5OS/c1-16(6-7-25-15(19)21-16)10-8-9(2-3-11(10)18)20-14(24)12-4-5-13(17)23-22-12/h2-5,8H,6-7H2,1H3,(H2,19,21)(H,20,24)/t16-/m0/s1. The summed E-state index contributed by atoms with van der Waals surface area (Å²) in [6, 6.07) is 7.28. The zero-order valence-corrected chi connectivity index (χ0v) is 14.9. The van der Waals surface area contributed by atoms with E-state index in [4.69, 9.17) is 17.3 Å². The summed E-state index contributed by atoms with van der Waals surface area (Å²) in [4.78, 5) is 16.6. The molecule has 1 aliphatic rings. The average molecular weight is 380 g/mol. The Morgan fingerprint density at radius 2 is 2.16 bits per heavy atom. The van der Waals surface area contributed by atoms with Crippen molar-refractivity contribution in [3.8, 4) is 0 Å². The number of nitrogens with zero attached hydrogens (tertiary/aromatic N) is 3. The van der Waals surface area contributed by atoms with Gasteiger partial charge in [-0.05, 0) is 43.7 Å². The minimum atomic E-state index is -0.764. The second kappa shape index (κ2) is 6.97. The molecule has 2 aromatic rings. The molecule has 1 aromatic heterocycles. The summed E-state index contributed by atoms with van der Waals surface area (Å²) in [5.74, 6) is -0.105. The third kappa shape index (κ3) is 3.91. The highest BCUT2D eigenvalue weighted by atomic mass is 35.5. The Kier molecular flexibility index (Phi) is 4.91. The maximum atomic E-state index is 14.4. The molecule has 1 aliphatic heterocycles. The Morgan fingerprint density at radius 1 is 1.36 bits per heavy atom. The fraction of sp³-hybridized carbons (Fsp3) is 0.250. The van der Waals surface area contributed by atoms with Gasteiger partial charge in [-0.2, -0.15) is 0 Å². The van der Waals surface area contributed by atoms with Crippen molar-refractivity contribution in [1.29, 1.82) is 0 Å². The molecule has 2 heterocycles. The van der Waals surface area contributed by atoms with Crippen LogP contribution in [0.3, 0.4) is 0 Å². The number of anilines is 1. The monoisotopic (exact) mass is 379 g/mol. The van der Waals surface area contributed by atoms with Crippen LogP contribution in [0.25, 0.3) is 0 Å². The maximum Gasteiger partial charge on any atom is 0.276 e. The summed E-state index contributed by atoms with van der Waals surface area (Å²) in [6.45, 7) is 1.83. The van der Waals surface area contributed by atoms with Crippen LogP contribution in [0.5, 0.6) is 0 Å². The van der Waals surface area contributed by atoms with E-state index in [2.05, 4.69) is 20.5 Å². The van der Waals surface area contributed by atoms with E-state index < -0.39 is 17.3 Å². The Hall–Kier alpha value is -2.19. The van der Waals surface area contributed by atoms with Crippen molar-refractivity contribution in [3.05, 3.63) is 52.6 Å². The number of hydrogen-bond acceptors (Lipinski definition) is 6. The Labute approximate surface area is 153 Å². The fourth-order valence-corrected chi connectivity index (χ4v) is 3.60. The number of amidine groups is 1. The predicted octanol–water partition coefficient (Wildman–Crippen LogP) is 3.19. The second-order valence-electron chi connectivity index (χ2n) is 5.71. The van der Waals surface area contributed by atoms with E-state index in [1.54, 1.807) is 6.07 Å². The average Bonchev–Trinajstić information content (AvgIpc) is 2.57. The molecule has 0 radical (unpaired) electrons. The van der Waals surface area contributed by atoms with Gasteiger partial charge < -0.3 is 11.1 Å². The number of nitrogens with one attached hydrogen (secondary N) is 1. The Bertz CT molecular complexity index is 845.